The maximum atomic E-state index is 13.4. The van der Waals surface area contributed by atoms with Crippen molar-refractivity contribution in [3.63, 3.8) is 0 Å². The van der Waals surface area contributed by atoms with Crippen LogP contribution in [0.5, 0.6) is 0 Å². The Labute approximate surface area is 303 Å². The number of rotatable bonds is 12. The normalized spacial score (nSPS) is 22.2. The first-order valence-corrected chi connectivity index (χ1v) is 19.7. The van der Waals surface area contributed by atoms with Crippen LogP contribution in [0.25, 0.3) is 0 Å². The summed E-state index contributed by atoms with van der Waals surface area (Å²) in [5.74, 6) is 0. The number of nitrogens with zero attached hydrogens (tertiary/aromatic N) is 5. The monoisotopic (exact) mass is 736 g/mol. The van der Waals surface area contributed by atoms with Crippen molar-refractivity contribution in [1.82, 2.24) is 29.3 Å². The van der Waals surface area contributed by atoms with Crippen molar-refractivity contribution in [2.24, 2.45) is 0 Å². The predicted octanol–water partition coefficient (Wildman–Crippen LogP) is 4.25. The van der Waals surface area contributed by atoms with Gasteiger partial charge in [-0.25, -0.2) is 14.0 Å². The number of hydrogen-bond acceptors (Lipinski definition) is 9. The smallest absolute Gasteiger partial charge is 0.352 e. The maximum Gasteiger partial charge on any atom is 0.438 e. The van der Waals surface area contributed by atoms with Gasteiger partial charge in [-0.15, -0.1) is 0 Å². The van der Waals surface area contributed by atoms with Crippen LogP contribution in [0.2, 0.25) is 0 Å². The van der Waals surface area contributed by atoms with E-state index in [4.69, 9.17) is 20.6 Å². The Morgan fingerprint density at radius 2 is 1.49 bits per heavy atom. The molecule has 2 aliphatic heterocycles. The second-order valence-electron chi connectivity index (χ2n) is 13.6. The highest BCUT2D eigenvalue weighted by atomic mass is 35.7. The van der Waals surface area contributed by atoms with Crippen molar-refractivity contribution < 1.29 is 18.8 Å². The van der Waals surface area contributed by atoms with Gasteiger partial charge < -0.3 is 14.5 Å². The molecule has 2 saturated heterocycles. The molecule has 4 aromatic rings. The summed E-state index contributed by atoms with van der Waals surface area (Å²) in [4.78, 5) is 45.2. The Hall–Kier alpha value is -3.42. The van der Waals surface area contributed by atoms with E-state index in [2.05, 4.69) is 56.1 Å². The van der Waals surface area contributed by atoms with Crippen molar-refractivity contribution in [3.8, 4) is 0 Å². The summed E-state index contributed by atoms with van der Waals surface area (Å²) in [6.45, 7) is 1.23. The van der Waals surface area contributed by atoms with Crippen LogP contribution in [0, 0.1) is 6.92 Å². The molecule has 0 aliphatic carbocycles. The minimum Gasteiger partial charge on any atom is -0.352 e. The van der Waals surface area contributed by atoms with Crippen molar-refractivity contribution in [2.75, 3.05) is 59.9 Å². The van der Waals surface area contributed by atoms with Gasteiger partial charge in [-0.2, -0.15) is 5.06 Å². The van der Waals surface area contributed by atoms with Gasteiger partial charge in [0.05, 0.1) is 17.7 Å². The van der Waals surface area contributed by atoms with Gasteiger partial charge >= 0.3 is 12.6 Å². The molecule has 1 aromatic heterocycles. The zero-order chi connectivity index (χ0) is 36.2. The van der Waals surface area contributed by atoms with Crippen LogP contribution in [-0.4, -0.2) is 106 Å². The topological polar surface area (TPSA) is 124 Å². The quantitative estimate of drug-likeness (QED) is 0.161. The first-order chi connectivity index (χ1) is 24.4. The lowest BCUT2D eigenvalue weighted by Gasteiger charge is -2.51. The van der Waals surface area contributed by atoms with Gasteiger partial charge in [0.25, 0.3) is 5.56 Å². The molecular weight excluding hydrogens is 691 g/mol. The number of ether oxygens (including phenoxy) is 1. The van der Waals surface area contributed by atoms with E-state index >= 15 is 0 Å². The fourth-order valence-corrected chi connectivity index (χ4v) is 8.15. The molecule has 2 aliphatic rings. The molecular formula is C37H46ClN6O6P. The lowest BCUT2D eigenvalue weighted by Crippen LogP contribution is -2.60. The van der Waals surface area contributed by atoms with Gasteiger partial charge in [0.15, 0.2) is 6.23 Å². The van der Waals surface area contributed by atoms with Gasteiger partial charge in [0.1, 0.15) is 0 Å². The summed E-state index contributed by atoms with van der Waals surface area (Å²) >= 11 is 5.77. The molecule has 0 amide bonds. The standard InChI is InChI=1S/C37H46ClN6O6P/c1-28-24-43(36(46)39-35(28)45)34-27-42(26-33(49-34)23-32-25-41(20-19-40(2)3)21-22-44(32)50-51(38,47)48)37(29-13-7-4-8-14-29,30-15-9-5-10-16-30)31-17-11-6-12-18-31/h4-18,24,32-34H,19-23,25-27H2,1-3H3,(H,47,48)(H,39,45,46). The first-order valence-electron chi connectivity index (χ1n) is 17.2. The number of piperazine rings is 1. The zero-order valence-corrected chi connectivity index (χ0v) is 30.8. The highest BCUT2D eigenvalue weighted by Gasteiger charge is 2.47. The van der Waals surface area contributed by atoms with E-state index in [9.17, 15) is 19.0 Å². The van der Waals surface area contributed by atoms with Gasteiger partial charge in [0, 0.05) is 68.8 Å². The van der Waals surface area contributed by atoms with Gasteiger partial charge in [-0.1, -0.05) is 91.0 Å². The van der Waals surface area contributed by atoms with Crippen molar-refractivity contribution in [2.45, 2.75) is 37.3 Å². The summed E-state index contributed by atoms with van der Waals surface area (Å²) in [5, 5.41) is 1.52. The number of morpholine rings is 1. The largest absolute Gasteiger partial charge is 0.438 e. The van der Waals surface area contributed by atoms with E-state index in [1.807, 2.05) is 68.7 Å². The summed E-state index contributed by atoms with van der Waals surface area (Å²) in [6, 6.07) is 30.5. The number of likely N-dealkylation sites (N-methyl/N-ethyl adjacent to an activating group) is 1. The van der Waals surface area contributed by atoms with Crippen LogP contribution in [0.3, 0.4) is 0 Å². The Morgan fingerprint density at radius 1 is 0.922 bits per heavy atom. The van der Waals surface area contributed by atoms with E-state index in [0.29, 0.717) is 44.7 Å². The highest BCUT2D eigenvalue weighted by molar-refractivity contribution is 7.80. The molecule has 0 bridgehead atoms. The Morgan fingerprint density at radius 3 is 2.02 bits per heavy atom. The fourth-order valence-electron chi connectivity index (χ4n) is 7.44. The van der Waals surface area contributed by atoms with Gasteiger partial charge in [-0.3, -0.25) is 24.1 Å². The molecule has 14 heteroatoms. The Bertz CT molecular complexity index is 1810. The molecule has 51 heavy (non-hydrogen) atoms. The second kappa shape index (κ2) is 16.1. The van der Waals surface area contributed by atoms with Crippen molar-refractivity contribution in [1.29, 1.82) is 0 Å². The molecule has 12 nitrogen and oxygen atoms in total. The SMILES string of the molecule is Cc1cn(C2CN(C(c3ccccc3)(c3ccccc3)c3ccccc3)CC(CC3CN(CCN(C)C)CCN3OP(=O)(O)Cl)O2)c(=O)[nH]c1=O. The van der Waals surface area contributed by atoms with Crippen LogP contribution < -0.4 is 11.2 Å². The maximum absolute atomic E-state index is 13.4. The lowest BCUT2D eigenvalue weighted by atomic mass is 9.75. The first kappa shape index (κ1) is 37.3. The number of aryl methyl sites for hydroxylation is 1. The number of nitrogens with one attached hydrogen (secondary N) is 1. The van der Waals surface area contributed by atoms with E-state index < -0.39 is 36.1 Å². The summed E-state index contributed by atoms with van der Waals surface area (Å²) in [5.41, 5.74) is 1.66. The minimum atomic E-state index is -4.37. The zero-order valence-electron chi connectivity index (χ0n) is 29.2. The second-order valence-corrected chi connectivity index (χ2v) is 15.9. The predicted molar refractivity (Wildman–Crippen MR) is 198 cm³/mol. The van der Waals surface area contributed by atoms with E-state index in [0.717, 1.165) is 29.8 Å². The van der Waals surface area contributed by atoms with Crippen LogP contribution in [0.1, 0.15) is 34.9 Å². The van der Waals surface area contributed by atoms with E-state index in [1.165, 1.54) is 9.63 Å². The average molecular weight is 737 g/mol. The van der Waals surface area contributed by atoms with Crippen LogP contribution in [0.4, 0.5) is 0 Å². The number of H-pyrrole nitrogens is 1. The molecule has 3 heterocycles. The molecule has 3 aromatic carbocycles. The Kier molecular flexibility index (Phi) is 11.8. The molecule has 2 fully saturated rings. The minimum absolute atomic E-state index is 0.300. The molecule has 0 radical (unpaired) electrons. The molecule has 2 N–H and O–H groups in total. The molecule has 6 rings (SSSR count). The molecule has 0 saturated carbocycles. The number of aromatic amines is 1. The molecule has 4 atom stereocenters. The highest BCUT2D eigenvalue weighted by Crippen LogP contribution is 2.49. The lowest BCUT2D eigenvalue weighted by molar-refractivity contribution is -0.174. The number of halogens is 1. The van der Waals surface area contributed by atoms with E-state index in [1.54, 1.807) is 13.1 Å². The fraction of sp³-hybridized carbons (Fsp3) is 0.405. The third-order valence-electron chi connectivity index (χ3n) is 9.77. The van der Waals surface area contributed by atoms with Crippen molar-refractivity contribution in [3.05, 3.63) is 140 Å². The van der Waals surface area contributed by atoms with Gasteiger partial charge in [-0.05, 0) is 44.1 Å². The summed E-state index contributed by atoms with van der Waals surface area (Å²) < 4.78 is 26.1. The number of hydrogen-bond donors (Lipinski definition) is 2. The van der Waals surface area contributed by atoms with Crippen LogP contribution in [-0.2, 0) is 19.5 Å². The van der Waals surface area contributed by atoms with Crippen LogP contribution in [0.15, 0.2) is 107 Å². The van der Waals surface area contributed by atoms with Gasteiger partial charge in [0.2, 0.25) is 0 Å². The van der Waals surface area contributed by atoms with Crippen LogP contribution >= 0.6 is 18.2 Å². The summed E-state index contributed by atoms with van der Waals surface area (Å²) in [7, 11) is 4.05. The van der Waals surface area contributed by atoms with Crippen molar-refractivity contribution >= 4 is 18.2 Å². The number of benzene rings is 3. The molecule has 0 spiro atoms. The average Bonchev–Trinajstić information content (AvgIpc) is 3.11. The number of aromatic nitrogens is 2. The number of hydroxylamine groups is 2. The summed E-state index contributed by atoms with van der Waals surface area (Å²) in [6.07, 6.45) is 0.670. The molecule has 4 unspecified atom stereocenters. The third-order valence-corrected chi connectivity index (χ3v) is 10.4. The molecule has 272 valence electrons. The van der Waals surface area contributed by atoms with E-state index in [-0.39, 0.29) is 6.04 Å². The Balaban J connectivity index is 1.47. The third kappa shape index (κ3) is 8.63.